The molecule has 9 nitrogen and oxygen atoms in total. The molecule has 156 valence electrons. The number of nitrogens with zero attached hydrogens (tertiary/aromatic N) is 5. The first-order valence-electron chi connectivity index (χ1n) is 9.95. The van der Waals surface area contributed by atoms with Gasteiger partial charge in [-0.1, -0.05) is 0 Å². The molecule has 2 aromatic rings. The second-order valence-corrected chi connectivity index (χ2v) is 7.13. The average molecular weight is 399 g/mol. The SMILES string of the molecule is CCn1c(C)nc2c(c1=O)CN(/C(=N/C=N)c1[nH]c(C)nc1CCCOC)CC2. The fourth-order valence-electron chi connectivity index (χ4n) is 3.84. The van der Waals surface area contributed by atoms with Gasteiger partial charge in [-0.15, -0.1) is 0 Å². The highest BCUT2D eigenvalue weighted by molar-refractivity contribution is 6.01. The number of amidine groups is 1. The standard InChI is InChI=1S/C20H29N7O2/c1-5-27-14(3)25-16-8-9-26(11-15(16)20(27)28)19(22-12-21)18-17(7-6-10-29-4)23-13(2)24-18/h12,21H,5-11H2,1-4H3,(H,23,24)/b21-12?,22-19+. The van der Waals surface area contributed by atoms with E-state index in [1.807, 2.05) is 25.7 Å². The van der Waals surface area contributed by atoms with E-state index in [2.05, 4.69) is 19.9 Å². The smallest absolute Gasteiger partial charge is 0.258 e. The van der Waals surface area contributed by atoms with Gasteiger partial charge in [-0.3, -0.25) is 14.8 Å². The molecule has 0 aromatic carbocycles. The summed E-state index contributed by atoms with van der Waals surface area (Å²) in [5.41, 5.74) is 3.29. The number of aryl methyl sites for hydroxylation is 3. The fraction of sp³-hybridized carbons (Fsp3) is 0.550. The predicted octanol–water partition coefficient (Wildman–Crippen LogP) is 1.59. The van der Waals surface area contributed by atoms with Gasteiger partial charge < -0.3 is 14.6 Å². The minimum atomic E-state index is 0.00927. The largest absolute Gasteiger partial charge is 0.385 e. The van der Waals surface area contributed by atoms with Gasteiger partial charge in [-0.25, -0.2) is 15.0 Å². The van der Waals surface area contributed by atoms with Crippen molar-refractivity contribution in [3.63, 3.8) is 0 Å². The van der Waals surface area contributed by atoms with Gasteiger partial charge in [0, 0.05) is 33.2 Å². The second-order valence-electron chi connectivity index (χ2n) is 7.13. The molecule has 0 unspecified atom stereocenters. The van der Waals surface area contributed by atoms with Crippen LogP contribution in [0.5, 0.6) is 0 Å². The lowest BCUT2D eigenvalue weighted by Crippen LogP contribution is -2.42. The third-order valence-electron chi connectivity index (χ3n) is 5.19. The highest BCUT2D eigenvalue weighted by Crippen LogP contribution is 2.20. The summed E-state index contributed by atoms with van der Waals surface area (Å²) in [6.45, 7) is 8.07. The summed E-state index contributed by atoms with van der Waals surface area (Å²) in [4.78, 5) is 31.9. The van der Waals surface area contributed by atoms with Gasteiger partial charge in [0.1, 0.15) is 23.7 Å². The van der Waals surface area contributed by atoms with Crippen LogP contribution in [-0.2, 0) is 30.7 Å². The van der Waals surface area contributed by atoms with Gasteiger partial charge in [-0.05, 0) is 33.6 Å². The number of aliphatic imine (C=N–C) groups is 1. The van der Waals surface area contributed by atoms with Crippen LogP contribution in [-0.4, -0.2) is 56.9 Å². The maximum atomic E-state index is 13.0. The molecule has 0 aliphatic carbocycles. The van der Waals surface area contributed by atoms with E-state index in [0.717, 1.165) is 47.9 Å². The van der Waals surface area contributed by atoms with Crippen LogP contribution in [0.3, 0.4) is 0 Å². The summed E-state index contributed by atoms with van der Waals surface area (Å²) in [7, 11) is 1.68. The van der Waals surface area contributed by atoms with E-state index in [1.165, 1.54) is 0 Å². The molecule has 9 heteroatoms. The van der Waals surface area contributed by atoms with Crippen molar-refractivity contribution in [2.45, 2.75) is 53.1 Å². The van der Waals surface area contributed by atoms with Gasteiger partial charge in [0.15, 0.2) is 5.84 Å². The van der Waals surface area contributed by atoms with Crippen LogP contribution >= 0.6 is 0 Å². The van der Waals surface area contributed by atoms with E-state index in [-0.39, 0.29) is 5.56 Å². The minimum Gasteiger partial charge on any atom is -0.385 e. The lowest BCUT2D eigenvalue weighted by atomic mass is 10.1. The summed E-state index contributed by atoms with van der Waals surface area (Å²) in [5, 5.41) is 7.55. The van der Waals surface area contributed by atoms with Crippen molar-refractivity contribution in [1.82, 2.24) is 24.4 Å². The van der Waals surface area contributed by atoms with Crippen LogP contribution in [0.2, 0.25) is 0 Å². The van der Waals surface area contributed by atoms with Gasteiger partial charge in [0.2, 0.25) is 0 Å². The third-order valence-corrected chi connectivity index (χ3v) is 5.19. The van der Waals surface area contributed by atoms with Crippen molar-refractivity contribution in [3.05, 3.63) is 44.6 Å². The first-order valence-corrected chi connectivity index (χ1v) is 9.95. The van der Waals surface area contributed by atoms with Crippen molar-refractivity contribution in [2.24, 2.45) is 4.99 Å². The van der Waals surface area contributed by atoms with E-state index in [4.69, 9.17) is 10.1 Å². The quantitative estimate of drug-likeness (QED) is 0.417. The van der Waals surface area contributed by atoms with Crippen LogP contribution in [0.15, 0.2) is 9.79 Å². The monoisotopic (exact) mass is 399 g/mol. The molecule has 0 atom stereocenters. The van der Waals surface area contributed by atoms with E-state index >= 15 is 0 Å². The summed E-state index contributed by atoms with van der Waals surface area (Å²) in [5.74, 6) is 2.19. The van der Waals surface area contributed by atoms with Crippen LogP contribution < -0.4 is 5.56 Å². The van der Waals surface area contributed by atoms with Gasteiger partial charge >= 0.3 is 0 Å². The summed E-state index contributed by atoms with van der Waals surface area (Å²) in [6, 6.07) is 0. The van der Waals surface area contributed by atoms with Crippen molar-refractivity contribution >= 4 is 12.2 Å². The molecule has 0 bridgehead atoms. The molecule has 0 fully saturated rings. The molecular formula is C20H29N7O2. The van der Waals surface area contributed by atoms with Crippen molar-refractivity contribution in [2.75, 3.05) is 20.3 Å². The molecule has 3 rings (SSSR count). The third kappa shape index (κ3) is 4.29. The molecule has 0 saturated heterocycles. The number of fused-ring (bicyclic) bond motifs is 1. The molecule has 0 radical (unpaired) electrons. The second kappa shape index (κ2) is 9.13. The first kappa shape index (κ1) is 20.9. The van der Waals surface area contributed by atoms with Gasteiger partial charge in [0.05, 0.1) is 23.5 Å². The molecule has 0 saturated carbocycles. The Morgan fingerprint density at radius 2 is 2.17 bits per heavy atom. The number of aromatic amines is 1. The number of nitrogens with one attached hydrogen (secondary N) is 2. The topological polar surface area (TPSA) is 112 Å². The van der Waals surface area contributed by atoms with Crippen molar-refractivity contribution in [3.8, 4) is 0 Å². The number of rotatable bonds is 7. The van der Waals surface area contributed by atoms with Crippen LogP contribution in [0.4, 0.5) is 0 Å². The molecule has 2 aromatic heterocycles. The molecule has 0 spiro atoms. The molecular weight excluding hydrogens is 370 g/mol. The number of methoxy groups -OCH3 is 1. The predicted molar refractivity (Wildman–Crippen MR) is 112 cm³/mol. The molecule has 2 N–H and O–H groups in total. The van der Waals surface area contributed by atoms with E-state index in [1.54, 1.807) is 11.7 Å². The number of H-pyrrole nitrogens is 1. The van der Waals surface area contributed by atoms with E-state index in [9.17, 15) is 4.79 Å². The average Bonchev–Trinajstić information content (AvgIpc) is 3.07. The number of hydrogen-bond acceptors (Lipinski definition) is 5. The number of imidazole rings is 1. The van der Waals surface area contributed by atoms with Crippen molar-refractivity contribution < 1.29 is 4.74 Å². The van der Waals surface area contributed by atoms with E-state index in [0.29, 0.717) is 44.1 Å². The maximum Gasteiger partial charge on any atom is 0.258 e. The molecule has 0 amide bonds. The Morgan fingerprint density at radius 1 is 1.38 bits per heavy atom. The molecule has 1 aliphatic heterocycles. The Bertz CT molecular complexity index is 974. The highest BCUT2D eigenvalue weighted by atomic mass is 16.5. The summed E-state index contributed by atoms with van der Waals surface area (Å²) >= 11 is 0. The first-order chi connectivity index (χ1) is 14.0. The zero-order valence-electron chi connectivity index (χ0n) is 17.6. The molecule has 29 heavy (non-hydrogen) atoms. The Labute approximate surface area is 170 Å². The summed E-state index contributed by atoms with van der Waals surface area (Å²) in [6.07, 6.45) is 3.30. The number of ether oxygens (including phenoxy) is 1. The fourth-order valence-corrected chi connectivity index (χ4v) is 3.84. The van der Waals surface area contributed by atoms with Crippen molar-refractivity contribution in [1.29, 1.82) is 5.41 Å². The summed E-state index contributed by atoms with van der Waals surface area (Å²) < 4.78 is 6.86. The Balaban J connectivity index is 1.96. The lowest BCUT2D eigenvalue weighted by Gasteiger charge is -2.31. The number of aromatic nitrogens is 4. The zero-order chi connectivity index (χ0) is 21.0. The van der Waals surface area contributed by atoms with Gasteiger partial charge in [-0.2, -0.15) is 0 Å². The number of hydrogen-bond donors (Lipinski definition) is 2. The Hall–Kier alpha value is -2.81. The molecule has 1 aliphatic rings. The Morgan fingerprint density at radius 3 is 2.86 bits per heavy atom. The van der Waals surface area contributed by atoms with Gasteiger partial charge in [0.25, 0.3) is 5.56 Å². The lowest BCUT2D eigenvalue weighted by molar-refractivity contribution is 0.195. The highest BCUT2D eigenvalue weighted by Gasteiger charge is 2.27. The minimum absolute atomic E-state index is 0.00927. The maximum absolute atomic E-state index is 13.0. The van der Waals surface area contributed by atoms with Crippen LogP contribution in [0.1, 0.15) is 47.6 Å². The zero-order valence-corrected chi connectivity index (χ0v) is 17.6. The van der Waals surface area contributed by atoms with E-state index < -0.39 is 0 Å². The normalized spacial score (nSPS) is 14.2. The van der Waals surface area contributed by atoms with Crippen LogP contribution in [0, 0.1) is 19.3 Å². The van der Waals surface area contributed by atoms with Crippen LogP contribution in [0.25, 0.3) is 0 Å². The molecule has 3 heterocycles. The Kier molecular flexibility index (Phi) is 6.58.